The molecule has 0 fully saturated rings. The van der Waals surface area contributed by atoms with Crippen LogP contribution in [0, 0.1) is 5.82 Å². The Kier molecular flexibility index (Phi) is 6.09. The molecule has 112 valence electrons. The van der Waals surface area contributed by atoms with Crippen molar-refractivity contribution in [3.05, 3.63) is 17.4 Å². The van der Waals surface area contributed by atoms with E-state index in [2.05, 4.69) is 0 Å². The summed E-state index contributed by atoms with van der Waals surface area (Å²) in [6, 6.07) is 1.05. The molecular formula is C13H17FO5S. The Hall–Kier alpha value is -1.47. The largest absolute Gasteiger partial charge is 0.492 e. The van der Waals surface area contributed by atoms with Crippen molar-refractivity contribution in [1.29, 1.82) is 0 Å². The molecule has 5 nitrogen and oxygen atoms in total. The zero-order valence-corrected chi connectivity index (χ0v) is 12.5. The zero-order chi connectivity index (χ0) is 15.3. The van der Waals surface area contributed by atoms with Gasteiger partial charge in [0.15, 0.2) is 17.6 Å². The number of methoxy groups -OCH3 is 2. The molecule has 1 N–H and O–H groups in total. The van der Waals surface area contributed by atoms with Crippen molar-refractivity contribution in [1.82, 2.24) is 0 Å². The highest BCUT2D eigenvalue weighted by Gasteiger charge is 2.28. The third kappa shape index (κ3) is 3.16. The predicted molar refractivity (Wildman–Crippen MR) is 72.9 cm³/mol. The second-order valence-electron chi connectivity index (χ2n) is 3.70. The molecule has 0 heterocycles. The quantitative estimate of drug-likeness (QED) is 0.642. The third-order valence-electron chi connectivity index (χ3n) is 2.59. The van der Waals surface area contributed by atoms with Crippen LogP contribution >= 0.6 is 11.8 Å². The van der Waals surface area contributed by atoms with E-state index in [0.717, 1.165) is 17.8 Å². The van der Waals surface area contributed by atoms with Crippen LogP contribution in [-0.2, 0) is 9.53 Å². The van der Waals surface area contributed by atoms with Crippen molar-refractivity contribution in [2.75, 3.05) is 27.1 Å². The summed E-state index contributed by atoms with van der Waals surface area (Å²) in [4.78, 5) is 11.8. The van der Waals surface area contributed by atoms with E-state index in [1.165, 1.54) is 14.2 Å². The molecule has 0 saturated heterocycles. The lowest BCUT2D eigenvalue weighted by atomic mass is 10.1. The lowest BCUT2D eigenvalue weighted by molar-refractivity contribution is -0.153. The maximum atomic E-state index is 14.0. The average Bonchev–Trinajstić information content (AvgIpc) is 2.45. The van der Waals surface area contributed by atoms with Crippen LogP contribution in [0.1, 0.15) is 18.6 Å². The lowest BCUT2D eigenvalue weighted by Gasteiger charge is -2.18. The number of benzene rings is 1. The standard InChI is InChI=1S/C13H17FO5S/c1-5-19-13(16)9(15)7-6-8(14)12(20-4)11(18-3)10(7)17-2/h6,9,15H,5H2,1-4H3. The Morgan fingerprint density at radius 3 is 2.45 bits per heavy atom. The minimum absolute atomic E-state index is 0.0295. The van der Waals surface area contributed by atoms with Crippen LogP contribution in [0.15, 0.2) is 11.0 Å². The van der Waals surface area contributed by atoms with Crippen LogP contribution in [-0.4, -0.2) is 38.2 Å². The fraction of sp³-hybridized carbons (Fsp3) is 0.462. The number of hydrogen-bond donors (Lipinski definition) is 1. The minimum atomic E-state index is -1.63. The third-order valence-corrected chi connectivity index (χ3v) is 3.38. The topological polar surface area (TPSA) is 65.0 Å². The molecule has 0 aliphatic heterocycles. The SMILES string of the molecule is CCOC(=O)C(O)c1cc(F)c(SC)c(OC)c1OC. The smallest absolute Gasteiger partial charge is 0.339 e. The van der Waals surface area contributed by atoms with Crippen LogP contribution in [0.3, 0.4) is 0 Å². The predicted octanol–water partition coefficient (Wildman–Crippen LogP) is 2.16. The van der Waals surface area contributed by atoms with Gasteiger partial charge in [-0.15, -0.1) is 11.8 Å². The van der Waals surface area contributed by atoms with E-state index in [1.807, 2.05) is 0 Å². The van der Waals surface area contributed by atoms with Crippen LogP contribution in [0.25, 0.3) is 0 Å². The van der Waals surface area contributed by atoms with Gasteiger partial charge >= 0.3 is 5.97 Å². The summed E-state index contributed by atoms with van der Waals surface area (Å²) in [5, 5.41) is 9.96. The van der Waals surface area contributed by atoms with Gasteiger partial charge in [0, 0.05) is 5.56 Å². The molecule has 0 aliphatic carbocycles. The van der Waals surface area contributed by atoms with Crippen molar-refractivity contribution in [2.24, 2.45) is 0 Å². The Balaban J connectivity index is 3.39. The highest BCUT2D eigenvalue weighted by Crippen LogP contribution is 2.43. The summed E-state index contributed by atoms with van der Waals surface area (Å²) in [7, 11) is 2.71. The number of hydrogen-bond acceptors (Lipinski definition) is 6. The zero-order valence-electron chi connectivity index (χ0n) is 11.7. The molecule has 0 aliphatic rings. The first-order chi connectivity index (χ1) is 9.51. The number of aliphatic hydroxyl groups excluding tert-OH is 1. The maximum Gasteiger partial charge on any atom is 0.339 e. The minimum Gasteiger partial charge on any atom is -0.492 e. The van der Waals surface area contributed by atoms with Gasteiger partial charge in [-0.1, -0.05) is 0 Å². The van der Waals surface area contributed by atoms with Gasteiger partial charge < -0.3 is 19.3 Å². The first-order valence-corrected chi connectivity index (χ1v) is 7.07. The average molecular weight is 304 g/mol. The second-order valence-corrected chi connectivity index (χ2v) is 4.52. The van der Waals surface area contributed by atoms with Gasteiger partial charge in [-0.25, -0.2) is 9.18 Å². The number of carbonyl (C=O) groups excluding carboxylic acids is 1. The van der Waals surface area contributed by atoms with E-state index in [-0.39, 0.29) is 28.6 Å². The Morgan fingerprint density at radius 2 is 2.00 bits per heavy atom. The summed E-state index contributed by atoms with van der Waals surface area (Å²) in [6.45, 7) is 1.72. The molecular weight excluding hydrogens is 287 g/mol. The van der Waals surface area contributed by atoms with E-state index >= 15 is 0 Å². The number of aliphatic hydroxyl groups is 1. The molecule has 0 aromatic heterocycles. The number of rotatable bonds is 6. The van der Waals surface area contributed by atoms with Crippen molar-refractivity contribution in [2.45, 2.75) is 17.9 Å². The molecule has 0 bridgehead atoms. The van der Waals surface area contributed by atoms with Crippen molar-refractivity contribution < 1.29 is 28.5 Å². The molecule has 1 unspecified atom stereocenters. The summed E-state index contributed by atoms with van der Waals surface area (Å²) in [5.41, 5.74) is -0.0295. The first-order valence-electron chi connectivity index (χ1n) is 5.84. The molecule has 1 atom stereocenters. The fourth-order valence-corrected chi connectivity index (χ4v) is 2.36. The molecule has 0 spiro atoms. The molecule has 1 rings (SSSR count). The van der Waals surface area contributed by atoms with Crippen molar-refractivity contribution in [3.8, 4) is 11.5 Å². The van der Waals surface area contributed by atoms with E-state index in [1.54, 1.807) is 13.2 Å². The second kappa shape index (κ2) is 7.35. The first kappa shape index (κ1) is 16.6. The molecule has 0 saturated carbocycles. The van der Waals surface area contributed by atoms with E-state index in [4.69, 9.17) is 14.2 Å². The Labute approximate surface area is 121 Å². The van der Waals surface area contributed by atoms with Gasteiger partial charge in [-0.05, 0) is 19.2 Å². The molecule has 0 amide bonds. The summed E-state index contributed by atoms with van der Waals surface area (Å²) >= 11 is 1.14. The number of esters is 1. The van der Waals surface area contributed by atoms with Crippen molar-refractivity contribution in [3.63, 3.8) is 0 Å². The lowest BCUT2D eigenvalue weighted by Crippen LogP contribution is -2.17. The van der Waals surface area contributed by atoms with E-state index in [0.29, 0.717) is 0 Å². The van der Waals surface area contributed by atoms with Gasteiger partial charge in [0.25, 0.3) is 0 Å². The van der Waals surface area contributed by atoms with E-state index < -0.39 is 17.9 Å². The molecule has 1 aromatic carbocycles. The number of halogens is 1. The van der Waals surface area contributed by atoms with Crippen LogP contribution in [0.5, 0.6) is 11.5 Å². The Morgan fingerprint density at radius 1 is 1.40 bits per heavy atom. The van der Waals surface area contributed by atoms with Crippen LogP contribution in [0.4, 0.5) is 4.39 Å². The molecule has 0 radical (unpaired) electrons. The van der Waals surface area contributed by atoms with Gasteiger partial charge in [0.1, 0.15) is 5.82 Å². The molecule has 20 heavy (non-hydrogen) atoms. The highest BCUT2D eigenvalue weighted by atomic mass is 32.2. The van der Waals surface area contributed by atoms with Gasteiger partial charge in [-0.3, -0.25) is 0 Å². The van der Waals surface area contributed by atoms with Gasteiger partial charge in [0.05, 0.1) is 25.7 Å². The number of thioether (sulfide) groups is 1. The fourth-order valence-electron chi connectivity index (χ4n) is 1.75. The Bertz CT molecular complexity index is 492. The van der Waals surface area contributed by atoms with E-state index in [9.17, 15) is 14.3 Å². The number of carbonyl (C=O) groups is 1. The summed E-state index contributed by atoms with van der Waals surface area (Å²) < 4.78 is 29.0. The summed E-state index contributed by atoms with van der Waals surface area (Å²) in [5.74, 6) is -1.23. The highest BCUT2D eigenvalue weighted by molar-refractivity contribution is 7.98. The van der Waals surface area contributed by atoms with Crippen molar-refractivity contribution >= 4 is 17.7 Å². The number of ether oxygens (including phenoxy) is 3. The summed E-state index contributed by atoms with van der Waals surface area (Å²) in [6.07, 6.45) is 0.0474. The monoisotopic (exact) mass is 304 g/mol. The molecule has 1 aromatic rings. The normalized spacial score (nSPS) is 11.9. The van der Waals surface area contributed by atoms with Crippen LogP contribution < -0.4 is 9.47 Å². The maximum absolute atomic E-state index is 14.0. The van der Waals surface area contributed by atoms with Gasteiger partial charge in [-0.2, -0.15) is 0 Å². The molecule has 7 heteroatoms. The van der Waals surface area contributed by atoms with Crippen LogP contribution in [0.2, 0.25) is 0 Å². The van der Waals surface area contributed by atoms with Gasteiger partial charge in [0.2, 0.25) is 0 Å².